The summed E-state index contributed by atoms with van der Waals surface area (Å²) < 4.78 is 5.61. The maximum absolute atomic E-state index is 5.61. The molecule has 0 bridgehead atoms. The number of hydrogen-bond donors (Lipinski definition) is 2. The summed E-state index contributed by atoms with van der Waals surface area (Å²) in [5, 5.41) is 7.48. The summed E-state index contributed by atoms with van der Waals surface area (Å²) in [6.07, 6.45) is 4.67. The quantitative estimate of drug-likeness (QED) is 0.549. The molecule has 2 unspecified atom stereocenters. The molecule has 0 amide bonds. The molecule has 1 aromatic rings. The number of methoxy groups -OCH3 is 1. The van der Waals surface area contributed by atoms with E-state index in [2.05, 4.69) is 45.8 Å². The smallest absolute Gasteiger partial charge is 0.191 e. The van der Waals surface area contributed by atoms with Gasteiger partial charge in [-0.25, -0.2) is 0 Å². The van der Waals surface area contributed by atoms with Gasteiger partial charge in [-0.3, -0.25) is 9.89 Å². The Hall–Kier alpha value is -1.40. The molecule has 5 nitrogen and oxygen atoms in total. The molecule has 1 aliphatic heterocycles. The highest BCUT2D eigenvalue weighted by Crippen LogP contribution is 2.31. The van der Waals surface area contributed by atoms with Crippen LogP contribution in [0.15, 0.2) is 29.3 Å². The van der Waals surface area contributed by atoms with Gasteiger partial charge in [0.05, 0.1) is 13.2 Å². The molecule has 0 aromatic heterocycles. The van der Waals surface area contributed by atoms with Gasteiger partial charge in [-0.15, -0.1) is 0 Å². The molecule has 2 atom stereocenters. The number of nitrogens with one attached hydrogen (secondary N) is 2. The van der Waals surface area contributed by atoms with Gasteiger partial charge in [-0.05, 0) is 38.3 Å². The van der Waals surface area contributed by atoms with Gasteiger partial charge in [-0.1, -0.05) is 25.1 Å². The lowest BCUT2D eigenvalue weighted by Crippen LogP contribution is -2.44. The molecule has 0 spiro atoms. The van der Waals surface area contributed by atoms with Crippen molar-refractivity contribution in [2.45, 2.75) is 31.1 Å². The first-order chi connectivity index (χ1) is 12.2. The van der Waals surface area contributed by atoms with Gasteiger partial charge in [0, 0.05) is 31.0 Å². The number of hydrogen-bond acceptors (Lipinski definition) is 4. The Kier molecular flexibility index (Phi) is 8.41. The van der Waals surface area contributed by atoms with Crippen LogP contribution in [0, 0.1) is 0 Å². The molecular weight excluding hydrogens is 332 g/mol. The number of aliphatic imine (C=N–C) groups is 1. The molecule has 0 saturated carbocycles. The molecule has 1 saturated heterocycles. The van der Waals surface area contributed by atoms with Crippen LogP contribution in [0.25, 0.3) is 0 Å². The van der Waals surface area contributed by atoms with Gasteiger partial charge < -0.3 is 15.4 Å². The van der Waals surface area contributed by atoms with E-state index in [0.717, 1.165) is 37.9 Å². The molecule has 0 radical (unpaired) electrons. The fourth-order valence-electron chi connectivity index (χ4n) is 3.17. The number of benzene rings is 1. The maximum Gasteiger partial charge on any atom is 0.191 e. The molecule has 2 N–H and O–H groups in total. The Balaban J connectivity index is 2.06. The summed E-state index contributed by atoms with van der Waals surface area (Å²) in [5.74, 6) is 1.82. The maximum atomic E-state index is 5.61. The minimum atomic E-state index is 0.287. The molecule has 1 aromatic carbocycles. The summed E-state index contributed by atoms with van der Waals surface area (Å²) in [5.41, 5.74) is 1.24. The van der Waals surface area contributed by atoms with E-state index in [0.29, 0.717) is 5.25 Å². The molecule has 1 heterocycles. The summed E-state index contributed by atoms with van der Waals surface area (Å²) in [4.78, 5) is 6.91. The summed E-state index contributed by atoms with van der Waals surface area (Å²) in [6.45, 7) is 6.21. The zero-order valence-electron chi connectivity index (χ0n) is 15.9. The van der Waals surface area contributed by atoms with Crippen molar-refractivity contribution in [3.8, 4) is 5.75 Å². The zero-order chi connectivity index (χ0) is 18.1. The fourth-order valence-corrected chi connectivity index (χ4v) is 3.42. The van der Waals surface area contributed by atoms with Crippen molar-refractivity contribution >= 4 is 17.7 Å². The largest absolute Gasteiger partial charge is 0.496 e. The fraction of sp³-hybridized carbons (Fsp3) is 0.632. The van der Waals surface area contributed by atoms with Crippen molar-refractivity contribution in [1.29, 1.82) is 0 Å². The SMILES string of the molecule is CN=C(NCC(C)SC)NCC(c1ccccc1OC)N1CCCC1. The van der Waals surface area contributed by atoms with E-state index in [1.807, 2.05) is 30.9 Å². The number of ether oxygens (including phenoxy) is 1. The highest BCUT2D eigenvalue weighted by atomic mass is 32.2. The molecule has 6 heteroatoms. The monoisotopic (exact) mass is 364 g/mol. The number of guanidine groups is 1. The van der Waals surface area contributed by atoms with Crippen LogP contribution in [0.3, 0.4) is 0 Å². The van der Waals surface area contributed by atoms with E-state index in [4.69, 9.17) is 4.74 Å². The second-order valence-corrected chi connectivity index (χ2v) is 7.66. The number of rotatable bonds is 8. The van der Waals surface area contributed by atoms with Crippen LogP contribution in [-0.2, 0) is 0 Å². The van der Waals surface area contributed by atoms with Crippen LogP contribution in [0.4, 0.5) is 0 Å². The minimum Gasteiger partial charge on any atom is -0.496 e. The van der Waals surface area contributed by atoms with E-state index in [9.17, 15) is 0 Å². The highest BCUT2D eigenvalue weighted by molar-refractivity contribution is 7.99. The molecule has 140 valence electrons. The van der Waals surface area contributed by atoms with Crippen molar-refractivity contribution in [2.75, 3.05) is 46.6 Å². The molecule has 1 aliphatic rings. The lowest BCUT2D eigenvalue weighted by molar-refractivity contribution is 0.239. The zero-order valence-corrected chi connectivity index (χ0v) is 16.7. The summed E-state index contributed by atoms with van der Waals surface area (Å²) in [6, 6.07) is 8.63. The first-order valence-electron chi connectivity index (χ1n) is 9.03. The Bertz CT molecular complexity index is 546. The highest BCUT2D eigenvalue weighted by Gasteiger charge is 2.26. The van der Waals surface area contributed by atoms with Crippen LogP contribution in [-0.4, -0.2) is 62.7 Å². The number of likely N-dealkylation sites (tertiary alicyclic amines) is 1. The predicted molar refractivity (Wildman–Crippen MR) is 109 cm³/mol. The van der Waals surface area contributed by atoms with E-state index >= 15 is 0 Å². The van der Waals surface area contributed by atoms with Crippen molar-refractivity contribution < 1.29 is 4.74 Å². The number of thioether (sulfide) groups is 1. The molecule has 0 aliphatic carbocycles. The standard InChI is InChI=1S/C19H32N4OS/c1-15(25-4)13-21-19(20-2)22-14-17(23-11-7-8-12-23)16-9-5-6-10-18(16)24-3/h5-6,9-10,15,17H,7-8,11-14H2,1-4H3,(H2,20,21,22). The van der Waals surface area contributed by atoms with Gasteiger partial charge in [0.25, 0.3) is 0 Å². The topological polar surface area (TPSA) is 48.9 Å². The Morgan fingerprint density at radius 3 is 2.56 bits per heavy atom. The molecule has 1 fully saturated rings. The average molecular weight is 365 g/mol. The molecule has 2 rings (SSSR count). The van der Waals surface area contributed by atoms with Crippen LogP contribution in [0.2, 0.25) is 0 Å². The Morgan fingerprint density at radius 2 is 1.92 bits per heavy atom. The average Bonchev–Trinajstić information content (AvgIpc) is 3.18. The van der Waals surface area contributed by atoms with E-state index < -0.39 is 0 Å². The number of nitrogens with zero attached hydrogens (tertiary/aromatic N) is 2. The first kappa shape index (κ1) is 19.9. The van der Waals surface area contributed by atoms with Gasteiger partial charge in [0.2, 0.25) is 0 Å². The van der Waals surface area contributed by atoms with Crippen LogP contribution in [0.1, 0.15) is 31.4 Å². The second kappa shape index (κ2) is 10.6. The van der Waals surface area contributed by atoms with Crippen LogP contribution >= 0.6 is 11.8 Å². The third-order valence-corrected chi connectivity index (χ3v) is 5.70. The third-order valence-electron chi connectivity index (χ3n) is 4.73. The van der Waals surface area contributed by atoms with Crippen molar-refractivity contribution in [3.63, 3.8) is 0 Å². The normalized spacial score (nSPS) is 18.0. The third kappa shape index (κ3) is 5.82. The first-order valence-corrected chi connectivity index (χ1v) is 10.3. The second-order valence-electron chi connectivity index (χ2n) is 6.38. The van der Waals surface area contributed by atoms with E-state index in [1.54, 1.807) is 7.11 Å². The van der Waals surface area contributed by atoms with Gasteiger partial charge in [0.1, 0.15) is 5.75 Å². The number of para-hydroxylation sites is 1. The van der Waals surface area contributed by atoms with E-state index in [1.165, 1.54) is 18.4 Å². The van der Waals surface area contributed by atoms with Crippen LogP contribution in [0.5, 0.6) is 5.75 Å². The predicted octanol–water partition coefficient (Wildman–Crippen LogP) is 2.75. The Labute approximate surface area is 156 Å². The summed E-state index contributed by atoms with van der Waals surface area (Å²) >= 11 is 1.85. The molecule has 25 heavy (non-hydrogen) atoms. The van der Waals surface area contributed by atoms with Crippen molar-refractivity contribution in [2.24, 2.45) is 4.99 Å². The lowest BCUT2D eigenvalue weighted by Gasteiger charge is -2.30. The molecular formula is C19H32N4OS. The minimum absolute atomic E-state index is 0.287. The van der Waals surface area contributed by atoms with Crippen LogP contribution < -0.4 is 15.4 Å². The van der Waals surface area contributed by atoms with Gasteiger partial charge in [-0.2, -0.15) is 11.8 Å². The van der Waals surface area contributed by atoms with Crippen molar-refractivity contribution in [3.05, 3.63) is 29.8 Å². The Morgan fingerprint density at radius 1 is 1.24 bits per heavy atom. The lowest BCUT2D eigenvalue weighted by atomic mass is 10.0. The van der Waals surface area contributed by atoms with Gasteiger partial charge >= 0.3 is 0 Å². The summed E-state index contributed by atoms with van der Waals surface area (Å²) in [7, 11) is 3.57. The van der Waals surface area contributed by atoms with Crippen molar-refractivity contribution in [1.82, 2.24) is 15.5 Å². The van der Waals surface area contributed by atoms with E-state index in [-0.39, 0.29) is 6.04 Å². The van der Waals surface area contributed by atoms with Gasteiger partial charge in [0.15, 0.2) is 5.96 Å².